The van der Waals surface area contributed by atoms with Crippen molar-refractivity contribution in [2.75, 3.05) is 22.9 Å². The molecule has 0 fully saturated rings. The number of aromatic nitrogens is 4. The molecule has 2 aromatic carbocycles. The summed E-state index contributed by atoms with van der Waals surface area (Å²) >= 11 is 0. The number of aromatic amines is 1. The van der Waals surface area contributed by atoms with Crippen molar-refractivity contribution in [3.8, 4) is 0 Å². The summed E-state index contributed by atoms with van der Waals surface area (Å²) in [5.41, 5.74) is 3.84. The minimum Gasteiger partial charge on any atom is -0.408 e. The van der Waals surface area contributed by atoms with E-state index >= 15 is 0 Å². The molecular formula is C22H20N6O4S. The van der Waals surface area contributed by atoms with Crippen LogP contribution >= 0.6 is 0 Å². The summed E-state index contributed by atoms with van der Waals surface area (Å²) in [4.78, 5) is 23.0. The average molecular weight is 465 g/mol. The van der Waals surface area contributed by atoms with E-state index in [1.54, 1.807) is 30.5 Å². The van der Waals surface area contributed by atoms with Gasteiger partial charge in [-0.2, -0.15) is 4.98 Å². The van der Waals surface area contributed by atoms with Crippen molar-refractivity contribution in [1.82, 2.24) is 19.5 Å². The fourth-order valence-corrected chi connectivity index (χ4v) is 4.16. The Hall–Kier alpha value is -4.12. The molecule has 3 aromatic heterocycles. The molecule has 0 saturated heterocycles. The third-order valence-corrected chi connectivity index (χ3v) is 6.54. The van der Waals surface area contributed by atoms with E-state index < -0.39 is 15.8 Å². The van der Waals surface area contributed by atoms with Crippen LogP contribution in [0.2, 0.25) is 0 Å². The summed E-state index contributed by atoms with van der Waals surface area (Å²) < 4.78 is 32.4. The number of fused-ring (bicyclic) bond motifs is 2. The van der Waals surface area contributed by atoms with Gasteiger partial charge in [0.25, 0.3) is 0 Å². The van der Waals surface area contributed by atoms with Gasteiger partial charge in [-0.3, -0.25) is 9.29 Å². The summed E-state index contributed by atoms with van der Waals surface area (Å²) in [5.74, 6) is -0.138. The average Bonchev–Trinajstić information content (AvgIpc) is 3.35. The summed E-state index contributed by atoms with van der Waals surface area (Å²) in [6.07, 6.45) is 4.78. The summed E-state index contributed by atoms with van der Waals surface area (Å²) in [6, 6.07) is 14.5. The van der Waals surface area contributed by atoms with Crippen LogP contribution in [-0.4, -0.2) is 41.2 Å². The topological polar surface area (TPSA) is 126 Å². The fourth-order valence-electron chi connectivity index (χ4n) is 3.62. The molecule has 2 N–H and O–H groups in total. The Bertz CT molecular complexity index is 1650. The molecule has 5 aromatic rings. The summed E-state index contributed by atoms with van der Waals surface area (Å²) in [6.45, 7) is 0.427. The van der Waals surface area contributed by atoms with Crippen molar-refractivity contribution in [2.45, 2.75) is 6.54 Å². The van der Waals surface area contributed by atoms with Crippen molar-refractivity contribution in [3.05, 3.63) is 77.0 Å². The van der Waals surface area contributed by atoms with Gasteiger partial charge in [0.15, 0.2) is 5.58 Å². The maximum Gasteiger partial charge on any atom is 0.417 e. The van der Waals surface area contributed by atoms with Crippen LogP contribution in [0.3, 0.4) is 0 Å². The molecule has 0 atom stereocenters. The first kappa shape index (κ1) is 20.8. The molecule has 10 nitrogen and oxygen atoms in total. The van der Waals surface area contributed by atoms with Gasteiger partial charge < -0.3 is 14.3 Å². The van der Waals surface area contributed by atoms with Crippen LogP contribution in [0.15, 0.2) is 70.1 Å². The lowest BCUT2D eigenvalue weighted by Crippen LogP contribution is -2.26. The highest BCUT2D eigenvalue weighted by Crippen LogP contribution is 2.25. The van der Waals surface area contributed by atoms with Crippen molar-refractivity contribution < 1.29 is 12.8 Å². The molecule has 168 valence electrons. The lowest BCUT2D eigenvalue weighted by molar-refractivity contribution is 0.555. The molecule has 0 radical (unpaired) electrons. The number of benzene rings is 2. The van der Waals surface area contributed by atoms with Crippen LogP contribution in [0.5, 0.6) is 0 Å². The highest BCUT2D eigenvalue weighted by atomic mass is 32.2. The molecular weight excluding hydrogens is 444 g/mol. The number of hydrogen-bond donors (Lipinski definition) is 2. The zero-order valence-electron chi connectivity index (χ0n) is 17.8. The molecule has 0 aliphatic carbocycles. The SMILES string of the molecule is CN(c1ccccc1Cn1ccc2cnc(Nc3ccc4[nH]c(=O)oc4c3)nc21)S(C)(=O)=O. The third kappa shape index (κ3) is 4.05. The first-order chi connectivity index (χ1) is 15.8. The van der Waals surface area contributed by atoms with Crippen LogP contribution in [0.25, 0.3) is 22.1 Å². The van der Waals surface area contributed by atoms with Crippen LogP contribution in [0.1, 0.15) is 5.56 Å². The smallest absolute Gasteiger partial charge is 0.408 e. The summed E-state index contributed by atoms with van der Waals surface area (Å²) in [5, 5.41) is 3.98. The number of para-hydroxylation sites is 1. The molecule has 11 heteroatoms. The largest absolute Gasteiger partial charge is 0.417 e. The molecule has 0 aliphatic rings. The number of rotatable bonds is 6. The minimum absolute atomic E-state index is 0.376. The van der Waals surface area contributed by atoms with Crippen molar-refractivity contribution in [2.24, 2.45) is 0 Å². The van der Waals surface area contributed by atoms with Gasteiger partial charge in [0.1, 0.15) is 5.65 Å². The quantitative estimate of drug-likeness (QED) is 0.395. The first-order valence-corrected chi connectivity index (χ1v) is 11.9. The zero-order valence-corrected chi connectivity index (χ0v) is 18.6. The van der Waals surface area contributed by atoms with Gasteiger partial charge in [-0.25, -0.2) is 18.2 Å². The second-order valence-electron chi connectivity index (χ2n) is 7.63. The van der Waals surface area contributed by atoms with Crippen LogP contribution in [0.4, 0.5) is 17.3 Å². The molecule has 0 saturated carbocycles. The van der Waals surface area contributed by atoms with Gasteiger partial charge >= 0.3 is 5.76 Å². The second kappa shape index (κ2) is 7.78. The number of hydrogen-bond acceptors (Lipinski definition) is 7. The van der Waals surface area contributed by atoms with Crippen LogP contribution in [0, 0.1) is 0 Å². The van der Waals surface area contributed by atoms with E-state index in [4.69, 9.17) is 4.42 Å². The monoisotopic (exact) mass is 464 g/mol. The molecule has 0 aliphatic heterocycles. The molecule has 5 rings (SSSR count). The highest BCUT2D eigenvalue weighted by molar-refractivity contribution is 7.92. The number of nitrogens with one attached hydrogen (secondary N) is 2. The zero-order chi connectivity index (χ0) is 23.2. The predicted octanol–water partition coefficient (Wildman–Crippen LogP) is 3.05. The number of H-pyrrole nitrogens is 1. The normalized spacial score (nSPS) is 11.8. The van der Waals surface area contributed by atoms with Gasteiger partial charge in [-0.05, 0) is 29.8 Å². The Labute approximate surface area is 188 Å². The van der Waals surface area contributed by atoms with Gasteiger partial charge in [0, 0.05) is 36.6 Å². The predicted molar refractivity (Wildman–Crippen MR) is 126 cm³/mol. The number of nitrogens with zero attached hydrogens (tertiary/aromatic N) is 4. The Morgan fingerprint density at radius 1 is 1.18 bits per heavy atom. The first-order valence-electron chi connectivity index (χ1n) is 10.0. The van der Waals surface area contributed by atoms with Crippen LogP contribution < -0.4 is 15.4 Å². The maximum atomic E-state index is 12.1. The van der Waals surface area contributed by atoms with E-state index in [2.05, 4.69) is 20.3 Å². The lowest BCUT2D eigenvalue weighted by atomic mass is 10.2. The van der Waals surface area contributed by atoms with E-state index in [1.807, 2.05) is 35.0 Å². The molecule has 3 heterocycles. The Balaban J connectivity index is 1.47. The van der Waals surface area contributed by atoms with Gasteiger partial charge in [0.2, 0.25) is 16.0 Å². The highest BCUT2D eigenvalue weighted by Gasteiger charge is 2.16. The van der Waals surface area contributed by atoms with E-state index in [1.165, 1.54) is 17.6 Å². The van der Waals surface area contributed by atoms with Gasteiger partial charge in [-0.1, -0.05) is 18.2 Å². The fraction of sp³-hybridized carbons (Fsp3) is 0.136. The van der Waals surface area contributed by atoms with Gasteiger partial charge in [0.05, 0.1) is 24.0 Å². The molecule has 0 bridgehead atoms. The number of oxazole rings is 1. The molecule has 0 unspecified atom stereocenters. The van der Waals surface area contributed by atoms with E-state index in [0.29, 0.717) is 40.6 Å². The maximum absolute atomic E-state index is 12.1. The third-order valence-electron chi connectivity index (χ3n) is 5.35. The van der Waals surface area contributed by atoms with Gasteiger partial charge in [-0.15, -0.1) is 0 Å². The Kier molecular flexibility index (Phi) is 4.90. The van der Waals surface area contributed by atoms with E-state index in [9.17, 15) is 13.2 Å². The summed E-state index contributed by atoms with van der Waals surface area (Å²) in [7, 11) is -1.86. The Morgan fingerprint density at radius 3 is 2.82 bits per heavy atom. The van der Waals surface area contributed by atoms with E-state index in [-0.39, 0.29) is 0 Å². The van der Waals surface area contributed by atoms with Crippen molar-refractivity contribution in [1.29, 1.82) is 0 Å². The molecule has 0 amide bonds. The number of anilines is 3. The van der Waals surface area contributed by atoms with Crippen molar-refractivity contribution >= 4 is 49.5 Å². The standard InChI is InChI=1S/C22H20N6O4S/c1-27(33(2,30)31)18-6-4-3-5-15(18)13-28-10-9-14-12-23-21(26-20(14)28)24-16-7-8-17-19(11-16)32-22(29)25-17/h3-12H,13H2,1-2H3,(H,25,29)(H,23,24,26). The minimum atomic E-state index is -3.40. The molecule has 0 spiro atoms. The lowest BCUT2D eigenvalue weighted by Gasteiger charge is -2.20. The van der Waals surface area contributed by atoms with Crippen molar-refractivity contribution in [3.63, 3.8) is 0 Å². The Morgan fingerprint density at radius 2 is 2.00 bits per heavy atom. The second-order valence-corrected chi connectivity index (χ2v) is 9.64. The van der Waals surface area contributed by atoms with Crippen LogP contribution in [-0.2, 0) is 16.6 Å². The number of sulfonamides is 1. The molecule has 33 heavy (non-hydrogen) atoms. The van der Waals surface area contributed by atoms with E-state index in [0.717, 1.165) is 10.9 Å².